The molecule has 1 aliphatic heterocycles. The summed E-state index contributed by atoms with van der Waals surface area (Å²) in [4.78, 5) is 7.40. The van der Waals surface area contributed by atoms with Gasteiger partial charge in [-0.15, -0.1) is 35.9 Å². The Balaban J connectivity index is 0.00000336. The van der Waals surface area contributed by atoms with Gasteiger partial charge in [0.1, 0.15) is 0 Å². The molecule has 5 nitrogen and oxygen atoms in total. The van der Waals surface area contributed by atoms with Crippen molar-refractivity contribution >= 4 is 17.1 Å². The minimum atomic E-state index is -0.764. The van der Waals surface area contributed by atoms with Crippen LogP contribution in [0.15, 0.2) is 146 Å². The number of hydrogen-bond acceptors (Lipinski definition) is 4. The summed E-state index contributed by atoms with van der Waals surface area (Å²) in [5, 5.41) is 4.99. The Kier molecular flexibility index (Phi) is 7.55. The van der Waals surface area contributed by atoms with Gasteiger partial charge in [-0.3, -0.25) is 9.67 Å². The topological polar surface area (TPSA) is 43.2 Å². The van der Waals surface area contributed by atoms with Gasteiger partial charge in [0.05, 0.1) is 28.2 Å². The number of fused-ring (bicyclic) bond motifs is 7. The van der Waals surface area contributed by atoms with Crippen LogP contribution in [-0.2, 0) is 26.5 Å². The zero-order chi connectivity index (χ0) is 32.4. The molecule has 1 fully saturated rings. The molecule has 7 aromatic rings. The predicted molar refractivity (Wildman–Crippen MR) is 191 cm³/mol. The van der Waals surface area contributed by atoms with Crippen LogP contribution in [0.3, 0.4) is 0 Å². The quantitative estimate of drug-likeness (QED) is 0.157. The molecule has 0 unspecified atom stereocenters. The van der Waals surface area contributed by atoms with E-state index < -0.39 is 5.41 Å². The first-order valence-corrected chi connectivity index (χ1v) is 17.1. The molecule has 0 spiro atoms. The van der Waals surface area contributed by atoms with E-state index in [-0.39, 0.29) is 21.1 Å². The predicted octanol–water partition coefficient (Wildman–Crippen LogP) is 10.2. The van der Waals surface area contributed by atoms with Crippen LogP contribution in [0.4, 0.5) is 17.1 Å². The molecule has 0 amide bonds. The normalized spacial score (nSPS) is 17.7. The third-order valence-electron chi connectivity index (χ3n) is 10.6. The maximum absolute atomic E-state index is 6.57. The number of aromatic nitrogens is 3. The van der Waals surface area contributed by atoms with Gasteiger partial charge >= 0.3 is 21.1 Å². The van der Waals surface area contributed by atoms with E-state index in [4.69, 9.17) is 14.8 Å². The Morgan fingerprint density at radius 1 is 0.660 bits per heavy atom. The average Bonchev–Trinajstić information content (AvgIpc) is 3.91. The molecule has 2 aromatic heterocycles. The molecule has 2 aliphatic carbocycles. The van der Waals surface area contributed by atoms with Crippen LogP contribution in [0.5, 0.6) is 11.5 Å². The summed E-state index contributed by atoms with van der Waals surface area (Å²) in [6, 6.07) is 53.4. The molecule has 3 aliphatic rings. The molecular formula is C44H32N4OPt. The molecule has 6 heteroatoms. The summed E-state index contributed by atoms with van der Waals surface area (Å²) < 4.78 is 8.55. The van der Waals surface area contributed by atoms with Crippen molar-refractivity contribution in [3.05, 3.63) is 192 Å². The Labute approximate surface area is 306 Å². The number of rotatable bonds is 6. The Morgan fingerprint density at radius 2 is 1.34 bits per heavy atom. The summed E-state index contributed by atoms with van der Waals surface area (Å²) in [5.74, 6) is 2.50. The van der Waals surface area contributed by atoms with Gasteiger partial charge in [-0.2, -0.15) is 23.3 Å². The molecular weight excluding hydrogens is 796 g/mol. The van der Waals surface area contributed by atoms with Crippen molar-refractivity contribution in [2.24, 2.45) is 0 Å². The van der Waals surface area contributed by atoms with Gasteiger partial charge in [-0.05, 0) is 84.0 Å². The Bertz CT molecular complexity index is 2260. The van der Waals surface area contributed by atoms with Crippen LogP contribution in [0.25, 0.3) is 5.69 Å². The average molecular weight is 828 g/mol. The summed E-state index contributed by atoms with van der Waals surface area (Å²) in [7, 11) is 0. The van der Waals surface area contributed by atoms with Gasteiger partial charge in [-0.25, -0.2) is 0 Å². The third-order valence-corrected chi connectivity index (χ3v) is 10.6. The van der Waals surface area contributed by atoms with Crippen LogP contribution in [0.2, 0.25) is 0 Å². The number of hydrogen-bond donors (Lipinski definition) is 0. The van der Waals surface area contributed by atoms with Gasteiger partial charge in [-0.1, -0.05) is 60.7 Å². The molecule has 2 atom stereocenters. The molecule has 0 saturated heterocycles. The maximum Gasteiger partial charge on any atom is 2.00 e. The fourth-order valence-electron chi connectivity index (χ4n) is 8.53. The van der Waals surface area contributed by atoms with Crippen LogP contribution >= 0.6 is 0 Å². The van der Waals surface area contributed by atoms with E-state index >= 15 is 0 Å². The zero-order valence-corrected chi connectivity index (χ0v) is 29.4. The minimum absolute atomic E-state index is 0. The first-order chi connectivity index (χ1) is 24.3. The van der Waals surface area contributed by atoms with Crippen molar-refractivity contribution in [3.63, 3.8) is 0 Å². The van der Waals surface area contributed by atoms with Gasteiger partial charge in [0.15, 0.2) is 0 Å². The largest absolute Gasteiger partial charge is 2.00 e. The van der Waals surface area contributed by atoms with Gasteiger partial charge in [0.25, 0.3) is 0 Å². The molecule has 0 radical (unpaired) electrons. The second kappa shape index (κ2) is 12.3. The smallest absolute Gasteiger partial charge is 0.509 e. The van der Waals surface area contributed by atoms with E-state index in [9.17, 15) is 0 Å². The van der Waals surface area contributed by atoms with Gasteiger partial charge in [0, 0.05) is 35.5 Å². The molecule has 5 aromatic carbocycles. The van der Waals surface area contributed by atoms with E-state index in [1.165, 1.54) is 30.5 Å². The molecule has 244 valence electrons. The minimum Gasteiger partial charge on any atom is -0.509 e. The number of nitrogens with zero attached hydrogens (tertiary/aromatic N) is 4. The molecule has 50 heavy (non-hydrogen) atoms. The SMILES string of the molecule is [Pt+2].[c-]1c(Oc2[c-]c(C3(c4ccccn4)c4ccccc4N(c4ccccc4)c4ccccc43)ccc2)cccc1-n1cc2c(n1)[C@@H]1CC[C@H]2C1. The van der Waals surface area contributed by atoms with Crippen molar-refractivity contribution in [1.82, 2.24) is 14.8 Å². The Hall–Kier alpha value is -5.25. The van der Waals surface area contributed by atoms with E-state index in [0.717, 1.165) is 45.1 Å². The first-order valence-electron chi connectivity index (χ1n) is 17.1. The standard InChI is InChI=1S/C44H32N4O.Pt/c1-2-13-33(14-3-1)48-40-20-6-4-18-38(40)44(42-22-8-9-25-45-42,39-19-5-7-21-41(39)48)32-12-10-16-35(27-32)49-36-17-11-15-34(28-36)47-29-37-30-23-24-31(26-30)43(37)46-47;/h1-22,25,29-31H,23-24,26H2;/q-2;+2/t30-,31+;/m0./s1. The van der Waals surface area contributed by atoms with Crippen LogP contribution in [-0.4, -0.2) is 14.8 Å². The monoisotopic (exact) mass is 827 g/mol. The Morgan fingerprint density at radius 3 is 2.08 bits per heavy atom. The van der Waals surface area contributed by atoms with E-state index in [1.54, 1.807) is 0 Å². The summed E-state index contributed by atoms with van der Waals surface area (Å²) in [6.07, 6.45) is 7.88. The van der Waals surface area contributed by atoms with E-state index in [1.807, 2.05) is 41.2 Å². The second-order valence-corrected chi connectivity index (χ2v) is 13.2. The zero-order valence-electron chi connectivity index (χ0n) is 27.1. The molecule has 1 saturated carbocycles. The van der Waals surface area contributed by atoms with Crippen molar-refractivity contribution < 1.29 is 25.8 Å². The third kappa shape index (κ3) is 4.71. The number of benzene rings is 5. The van der Waals surface area contributed by atoms with Crippen molar-refractivity contribution in [3.8, 4) is 17.2 Å². The number of para-hydroxylation sites is 3. The molecule has 3 heterocycles. The van der Waals surface area contributed by atoms with Crippen molar-refractivity contribution in [2.75, 3.05) is 4.90 Å². The van der Waals surface area contributed by atoms with E-state index in [0.29, 0.717) is 23.3 Å². The fourth-order valence-corrected chi connectivity index (χ4v) is 8.53. The van der Waals surface area contributed by atoms with Crippen molar-refractivity contribution in [2.45, 2.75) is 36.5 Å². The maximum atomic E-state index is 6.57. The number of anilines is 3. The number of pyridine rings is 1. The van der Waals surface area contributed by atoms with Crippen LogP contribution in [0.1, 0.15) is 64.7 Å². The van der Waals surface area contributed by atoms with E-state index in [2.05, 4.69) is 126 Å². The summed E-state index contributed by atoms with van der Waals surface area (Å²) in [5.41, 5.74) is 10.2. The van der Waals surface area contributed by atoms with Crippen molar-refractivity contribution in [1.29, 1.82) is 0 Å². The fraction of sp³-hybridized carbons (Fsp3) is 0.136. The van der Waals surface area contributed by atoms with Gasteiger partial charge in [0.2, 0.25) is 0 Å². The molecule has 10 rings (SSSR count). The molecule has 2 bridgehead atoms. The second-order valence-electron chi connectivity index (χ2n) is 13.2. The van der Waals surface area contributed by atoms with Gasteiger partial charge < -0.3 is 9.64 Å². The number of ether oxygens (including phenoxy) is 1. The summed E-state index contributed by atoms with van der Waals surface area (Å²) >= 11 is 0. The molecule has 0 N–H and O–H groups in total. The first kappa shape index (κ1) is 30.8. The van der Waals surface area contributed by atoms with Crippen LogP contribution in [0, 0.1) is 12.1 Å². The van der Waals surface area contributed by atoms with Crippen LogP contribution < -0.4 is 9.64 Å². The summed E-state index contributed by atoms with van der Waals surface area (Å²) in [6.45, 7) is 0.